The van der Waals surface area contributed by atoms with E-state index >= 15 is 0 Å². The van der Waals surface area contributed by atoms with Crippen molar-refractivity contribution in [1.29, 1.82) is 0 Å². The molecule has 0 radical (unpaired) electrons. The van der Waals surface area contributed by atoms with Gasteiger partial charge in [-0.15, -0.1) is 0 Å². The summed E-state index contributed by atoms with van der Waals surface area (Å²) >= 11 is 0. The molecule has 5 nitrogen and oxygen atoms in total. The number of ether oxygens (including phenoxy) is 1. The molecule has 21 heavy (non-hydrogen) atoms. The molecule has 0 aromatic heterocycles. The average Bonchev–Trinajstić information content (AvgIpc) is 2.46. The van der Waals surface area contributed by atoms with Gasteiger partial charge in [-0.05, 0) is 50.9 Å². The summed E-state index contributed by atoms with van der Waals surface area (Å²) in [5, 5.41) is 3.17. The van der Waals surface area contributed by atoms with Gasteiger partial charge in [0.15, 0.2) is 0 Å². The Morgan fingerprint density at radius 2 is 2.05 bits per heavy atom. The fraction of sp³-hybridized carbons (Fsp3) is 0.600. The second kappa shape index (κ2) is 6.34. The Kier molecular flexibility index (Phi) is 4.91. The number of methoxy groups -OCH3 is 1. The average molecular weight is 312 g/mol. The lowest BCUT2D eigenvalue weighted by Crippen LogP contribution is -2.47. The molecule has 0 saturated carbocycles. The molecule has 1 aromatic carbocycles. The lowest BCUT2D eigenvalue weighted by Gasteiger charge is -2.32. The van der Waals surface area contributed by atoms with Crippen LogP contribution >= 0.6 is 0 Å². The van der Waals surface area contributed by atoms with E-state index in [0.717, 1.165) is 24.0 Å². The molecule has 1 aliphatic heterocycles. The van der Waals surface area contributed by atoms with E-state index in [9.17, 15) is 8.42 Å². The Morgan fingerprint density at radius 1 is 1.33 bits per heavy atom. The molecule has 0 aliphatic carbocycles. The van der Waals surface area contributed by atoms with E-state index in [0.29, 0.717) is 23.7 Å². The van der Waals surface area contributed by atoms with Crippen molar-refractivity contribution in [1.82, 2.24) is 9.62 Å². The third-order valence-electron chi connectivity index (χ3n) is 4.00. The van der Waals surface area contributed by atoms with Crippen LogP contribution in [0.1, 0.15) is 24.0 Å². The van der Waals surface area contributed by atoms with Crippen LogP contribution < -0.4 is 10.1 Å². The maximum Gasteiger partial charge on any atom is 0.247 e. The fourth-order valence-electron chi connectivity index (χ4n) is 2.92. The lowest BCUT2D eigenvalue weighted by atomic mass is 10.1. The van der Waals surface area contributed by atoms with Crippen LogP contribution in [0.2, 0.25) is 0 Å². The molecule has 0 amide bonds. The van der Waals surface area contributed by atoms with Crippen molar-refractivity contribution in [2.24, 2.45) is 0 Å². The third kappa shape index (κ3) is 3.22. The third-order valence-corrected chi connectivity index (χ3v) is 6.05. The molecule has 1 N–H and O–H groups in total. The van der Waals surface area contributed by atoms with Gasteiger partial charge in [0.2, 0.25) is 10.0 Å². The molecular formula is C15H24N2O3S. The smallest absolute Gasteiger partial charge is 0.247 e. The normalized spacial score (nSPS) is 20.5. The van der Waals surface area contributed by atoms with Gasteiger partial charge in [-0.1, -0.05) is 6.07 Å². The summed E-state index contributed by atoms with van der Waals surface area (Å²) in [6.07, 6.45) is 1.88. The van der Waals surface area contributed by atoms with Crippen molar-refractivity contribution in [3.05, 3.63) is 23.3 Å². The minimum absolute atomic E-state index is 0.213. The zero-order valence-corrected chi connectivity index (χ0v) is 14.0. The summed E-state index contributed by atoms with van der Waals surface area (Å²) in [5.74, 6) is 0.430. The molecule has 6 heteroatoms. The molecule has 1 aliphatic rings. The molecule has 1 heterocycles. The zero-order chi connectivity index (χ0) is 15.6. The number of hydrogen-bond donors (Lipinski definition) is 1. The first-order valence-electron chi connectivity index (χ1n) is 7.22. The number of benzene rings is 1. The first-order chi connectivity index (χ1) is 9.90. The Morgan fingerprint density at radius 3 is 2.67 bits per heavy atom. The van der Waals surface area contributed by atoms with Gasteiger partial charge in [0.1, 0.15) is 10.6 Å². The SMILES string of the molecule is CNC1CCCN(S(=O)(=O)c2c(C)cc(C)cc2OC)C1. The van der Waals surface area contributed by atoms with Crippen molar-refractivity contribution in [3.8, 4) is 5.75 Å². The topological polar surface area (TPSA) is 58.6 Å². The molecule has 1 unspecified atom stereocenters. The van der Waals surface area contributed by atoms with E-state index in [4.69, 9.17) is 4.74 Å². The number of hydrogen-bond acceptors (Lipinski definition) is 4. The van der Waals surface area contributed by atoms with E-state index in [1.807, 2.05) is 27.0 Å². The number of nitrogens with one attached hydrogen (secondary N) is 1. The zero-order valence-electron chi connectivity index (χ0n) is 13.1. The Labute approximate surface area is 127 Å². The van der Waals surface area contributed by atoms with Crippen LogP contribution in [0.15, 0.2) is 17.0 Å². The Balaban J connectivity index is 2.44. The van der Waals surface area contributed by atoms with E-state index in [1.165, 1.54) is 7.11 Å². The van der Waals surface area contributed by atoms with Crippen molar-refractivity contribution in [2.45, 2.75) is 37.6 Å². The summed E-state index contributed by atoms with van der Waals surface area (Å²) in [7, 11) is -0.140. The first kappa shape index (κ1) is 16.3. The summed E-state index contributed by atoms with van der Waals surface area (Å²) < 4.78 is 32.8. The van der Waals surface area contributed by atoms with Gasteiger partial charge in [-0.25, -0.2) is 8.42 Å². The molecule has 0 spiro atoms. The second-order valence-corrected chi connectivity index (χ2v) is 7.48. The highest BCUT2D eigenvalue weighted by Crippen LogP contribution is 2.32. The Hall–Kier alpha value is -1.11. The molecule has 2 rings (SSSR count). The number of aryl methyl sites for hydroxylation is 2. The second-order valence-electron chi connectivity index (χ2n) is 5.60. The van der Waals surface area contributed by atoms with Crippen LogP contribution in [0.5, 0.6) is 5.75 Å². The van der Waals surface area contributed by atoms with Gasteiger partial charge in [-0.2, -0.15) is 4.31 Å². The largest absolute Gasteiger partial charge is 0.495 e. The van der Waals surface area contributed by atoms with Crippen LogP contribution in [0.3, 0.4) is 0 Å². The van der Waals surface area contributed by atoms with Crippen molar-refractivity contribution in [2.75, 3.05) is 27.2 Å². The molecule has 0 bridgehead atoms. The van der Waals surface area contributed by atoms with Crippen LogP contribution in [0.25, 0.3) is 0 Å². The summed E-state index contributed by atoms with van der Waals surface area (Å²) in [6, 6.07) is 3.87. The summed E-state index contributed by atoms with van der Waals surface area (Å²) in [6.45, 7) is 4.83. The minimum atomic E-state index is -3.53. The maximum atomic E-state index is 13.0. The van der Waals surface area contributed by atoms with Gasteiger partial charge in [0.25, 0.3) is 0 Å². The first-order valence-corrected chi connectivity index (χ1v) is 8.66. The highest BCUT2D eigenvalue weighted by molar-refractivity contribution is 7.89. The van der Waals surface area contributed by atoms with Gasteiger partial charge < -0.3 is 10.1 Å². The molecular weight excluding hydrogens is 288 g/mol. The van der Waals surface area contributed by atoms with Gasteiger partial charge >= 0.3 is 0 Å². The van der Waals surface area contributed by atoms with Gasteiger partial charge in [-0.3, -0.25) is 0 Å². The lowest BCUT2D eigenvalue weighted by molar-refractivity contribution is 0.291. The van der Waals surface area contributed by atoms with Crippen LogP contribution in [-0.2, 0) is 10.0 Å². The van der Waals surface area contributed by atoms with E-state index in [1.54, 1.807) is 10.4 Å². The van der Waals surface area contributed by atoms with E-state index < -0.39 is 10.0 Å². The minimum Gasteiger partial charge on any atom is -0.495 e. The van der Waals surface area contributed by atoms with Crippen molar-refractivity contribution in [3.63, 3.8) is 0 Å². The number of rotatable bonds is 4. The van der Waals surface area contributed by atoms with Crippen molar-refractivity contribution >= 4 is 10.0 Å². The fourth-order valence-corrected chi connectivity index (χ4v) is 4.79. The number of nitrogens with zero attached hydrogens (tertiary/aromatic N) is 1. The molecule has 1 aromatic rings. The van der Waals surface area contributed by atoms with E-state index in [2.05, 4.69) is 5.32 Å². The van der Waals surface area contributed by atoms with Crippen LogP contribution in [-0.4, -0.2) is 46.0 Å². The maximum absolute atomic E-state index is 13.0. The predicted octanol–water partition coefficient (Wildman–Crippen LogP) is 1.68. The van der Waals surface area contributed by atoms with Crippen LogP contribution in [0.4, 0.5) is 0 Å². The number of sulfonamides is 1. The monoisotopic (exact) mass is 312 g/mol. The van der Waals surface area contributed by atoms with Gasteiger partial charge in [0.05, 0.1) is 7.11 Å². The van der Waals surface area contributed by atoms with Crippen molar-refractivity contribution < 1.29 is 13.2 Å². The predicted molar refractivity (Wildman–Crippen MR) is 83.3 cm³/mol. The molecule has 1 fully saturated rings. The summed E-state index contributed by atoms with van der Waals surface area (Å²) in [5.41, 5.74) is 1.73. The number of piperidine rings is 1. The van der Waals surface area contributed by atoms with Crippen LogP contribution in [0, 0.1) is 13.8 Å². The highest BCUT2D eigenvalue weighted by Gasteiger charge is 2.33. The summed E-state index contributed by atoms with van der Waals surface area (Å²) in [4.78, 5) is 0.298. The number of likely N-dealkylation sites (N-methyl/N-ethyl adjacent to an activating group) is 1. The molecule has 1 saturated heterocycles. The van der Waals surface area contributed by atoms with E-state index in [-0.39, 0.29) is 6.04 Å². The molecule has 118 valence electrons. The standard InChI is InChI=1S/C15H24N2O3S/c1-11-8-12(2)15(14(9-11)20-4)21(18,19)17-7-5-6-13(10-17)16-3/h8-9,13,16H,5-7,10H2,1-4H3. The van der Waals surface area contributed by atoms with Gasteiger partial charge in [0, 0.05) is 19.1 Å². The highest BCUT2D eigenvalue weighted by atomic mass is 32.2. The molecule has 1 atom stereocenters. The quantitative estimate of drug-likeness (QED) is 0.919. The Bertz CT molecular complexity index is 614.